The maximum absolute atomic E-state index is 12.8. The van der Waals surface area contributed by atoms with Crippen molar-refractivity contribution in [3.63, 3.8) is 0 Å². The minimum atomic E-state index is -2.91. The van der Waals surface area contributed by atoms with E-state index < -0.39 is 41.4 Å². The SMILES string of the molecule is CCOP(OCC)OC1C[C@H](O[Si](c2ccccc2)(c2ccccc2)C(C)(C)C)[C@@H](COC(=O)c2ccccc2)O1. The lowest BCUT2D eigenvalue weighted by Crippen LogP contribution is -2.68. The Balaban J connectivity index is 1.67. The zero-order valence-corrected chi connectivity index (χ0v) is 26.4. The summed E-state index contributed by atoms with van der Waals surface area (Å²) in [5, 5.41) is 2.09. The standard InChI is InChI=1S/C32H41O7PSi/c1-6-35-40(36-7-2)38-30-23-28(29(37-30)24-34-31(33)25-17-11-8-12-18-25)39-41(32(3,4)5,26-19-13-9-14-20-26)27-21-15-10-16-22-27/h8-22,28-30H,6-7,23-24H2,1-5H3/t28-,29+,30?/m0/s1. The van der Waals surface area contributed by atoms with Crippen LogP contribution in [0.3, 0.4) is 0 Å². The molecule has 1 fully saturated rings. The summed E-state index contributed by atoms with van der Waals surface area (Å²) in [7, 11) is -4.50. The third-order valence-corrected chi connectivity index (χ3v) is 13.4. The fourth-order valence-electron chi connectivity index (χ4n) is 5.16. The molecular weight excluding hydrogens is 555 g/mol. The predicted octanol–water partition coefficient (Wildman–Crippen LogP) is 6.22. The normalized spacial score (nSPS) is 19.4. The predicted molar refractivity (Wildman–Crippen MR) is 164 cm³/mol. The van der Waals surface area contributed by atoms with Gasteiger partial charge in [-0.05, 0) is 41.4 Å². The van der Waals surface area contributed by atoms with Gasteiger partial charge >= 0.3 is 14.6 Å². The molecule has 9 heteroatoms. The number of carbonyl (C=O) groups excluding carboxylic acids is 1. The third kappa shape index (κ3) is 7.70. The van der Waals surface area contributed by atoms with E-state index in [0.29, 0.717) is 25.2 Å². The van der Waals surface area contributed by atoms with Gasteiger partial charge < -0.3 is 22.9 Å². The van der Waals surface area contributed by atoms with Gasteiger partial charge in [0.15, 0.2) is 6.29 Å². The molecule has 1 aliphatic heterocycles. The molecule has 220 valence electrons. The Morgan fingerprint density at radius 3 is 1.85 bits per heavy atom. The van der Waals surface area contributed by atoms with Gasteiger partial charge in [-0.25, -0.2) is 4.79 Å². The molecule has 1 unspecified atom stereocenters. The van der Waals surface area contributed by atoms with Crippen molar-refractivity contribution in [2.24, 2.45) is 0 Å². The second-order valence-corrected chi connectivity index (χ2v) is 16.2. The maximum atomic E-state index is 12.8. The lowest BCUT2D eigenvalue weighted by Gasteiger charge is -2.45. The average Bonchev–Trinajstić information content (AvgIpc) is 3.36. The van der Waals surface area contributed by atoms with Crippen LogP contribution in [0, 0.1) is 0 Å². The van der Waals surface area contributed by atoms with Gasteiger partial charge in [-0.3, -0.25) is 4.52 Å². The van der Waals surface area contributed by atoms with Crippen molar-refractivity contribution >= 4 is 33.3 Å². The molecule has 0 aromatic heterocycles. The first-order valence-corrected chi connectivity index (χ1v) is 17.2. The molecule has 3 atom stereocenters. The molecular formula is C32H41O7PSi. The summed E-state index contributed by atoms with van der Waals surface area (Å²) in [6.07, 6.45) is -1.15. The molecule has 4 rings (SSSR count). The highest BCUT2D eigenvalue weighted by Crippen LogP contribution is 2.45. The second-order valence-electron chi connectivity index (χ2n) is 10.8. The van der Waals surface area contributed by atoms with E-state index in [0.717, 1.165) is 10.4 Å². The van der Waals surface area contributed by atoms with E-state index in [2.05, 4.69) is 69.3 Å². The van der Waals surface area contributed by atoms with Crippen molar-refractivity contribution in [1.82, 2.24) is 0 Å². The van der Waals surface area contributed by atoms with Crippen molar-refractivity contribution < 1.29 is 32.3 Å². The molecule has 0 bridgehead atoms. The van der Waals surface area contributed by atoms with Gasteiger partial charge in [-0.15, -0.1) is 0 Å². The van der Waals surface area contributed by atoms with Gasteiger partial charge in [0, 0.05) is 6.42 Å². The van der Waals surface area contributed by atoms with Crippen LogP contribution < -0.4 is 10.4 Å². The maximum Gasteiger partial charge on any atom is 0.338 e. The highest BCUT2D eigenvalue weighted by Gasteiger charge is 2.54. The summed E-state index contributed by atoms with van der Waals surface area (Å²) in [6.45, 7) is 11.4. The fourth-order valence-corrected chi connectivity index (χ4v) is 10.8. The van der Waals surface area contributed by atoms with Crippen LogP contribution in [0.4, 0.5) is 0 Å². The fraction of sp³-hybridized carbons (Fsp3) is 0.406. The number of carbonyl (C=O) groups is 1. The summed E-state index contributed by atoms with van der Waals surface area (Å²) in [5.41, 5.74) is 0.485. The first kappa shape index (κ1) is 31.5. The molecule has 7 nitrogen and oxygen atoms in total. The summed E-state index contributed by atoms with van der Waals surface area (Å²) in [4.78, 5) is 12.8. The zero-order chi connectivity index (χ0) is 29.3. The molecule has 3 aromatic rings. The van der Waals surface area contributed by atoms with Gasteiger partial charge in [-0.1, -0.05) is 99.6 Å². The van der Waals surface area contributed by atoms with E-state index >= 15 is 0 Å². The third-order valence-electron chi connectivity index (χ3n) is 6.97. The molecule has 3 aromatic carbocycles. The van der Waals surface area contributed by atoms with Crippen molar-refractivity contribution in [1.29, 1.82) is 0 Å². The number of esters is 1. The summed E-state index contributed by atoms with van der Waals surface area (Å²) in [6, 6.07) is 29.8. The topological polar surface area (TPSA) is 72.5 Å². The van der Waals surface area contributed by atoms with Gasteiger partial charge in [-0.2, -0.15) is 0 Å². The Morgan fingerprint density at radius 1 is 0.854 bits per heavy atom. The summed E-state index contributed by atoms with van der Waals surface area (Å²) in [5.74, 6) is -0.409. The molecule has 1 heterocycles. The monoisotopic (exact) mass is 596 g/mol. The Labute approximate surface area is 246 Å². The van der Waals surface area contributed by atoms with Crippen LogP contribution in [0.2, 0.25) is 5.04 Å². The molecule has 0 spiro atoms. The lowest BCUT2D eigenvalue weighted by atomic mass is 10.2. The van der Waals surface area contributed by atoms with E-state index in [1.807, 2.05) is 44.2 Å². The Hall–Kier alpha value is -2.42. The quantitative estimate of drug-likeness (QED) is 0.132. The van der Waals surface area contributed by atoms with Crippen LogP contribution in [-0.4, -0.2) is 52.6 Å². The van der Waals surface area contributed by atoms with Crippen LogP contribution in [0.15, 0.2) is 91.0 Å². The minimum Gasteiger partial charge on any atom is -0.459 e. The minimum absolute atomic E-state index is 0.0254. The van der Waals surface area contributed by atoms with E-state index in [1.54, 1.807) is 12.1 Å². The van der Waals surface area contributed by atoms with Crippen molar-refractivity contribution in [2.75, 3.05) is 19.8 Å². The summed E-state index contributed by atoms with van der Waals surface area (Å²) < 4.78 is 37.0. The van der Waals surface area contributed by atoms with Gasteiger partial charge in [0.2, 0.25) is 0 Å². The number of ether oxygens (including phenoxy) is 2. The second kappa shape index (κ2) is 14.7. The first-order valence-electron chi connectivity index (χ1n) is 14.2. The smallest absolute Gasteiger partial charge is 0.338 e. The number of hydrogen-bond acceptors (Lipinski definition) is 7. The molecule has 1 saturated heterocycles. The molecule has 41 heavy (non-hydrogen) atoms. The van der Waals surface area contributed by atoms with E-state index in [-0.39, 0.29) is 11.6 Å². The molecule has 0 aliphatic carbocycles. The van der Waals surface area contributed by atoms with E-state index in [9.17, 15) is 4.79 Å². The Bertz CT molecular complexity index is 1160. The van der Waals surface area contributed by atoms with Crippen LogP contribution in [0.5, 0.6) is 0 Å². The molecule has 0 saturated carbocycles. The molecule has 0 N–H and O–H groups in total. The van der Waals surface area contributed by atoms with E-state index in [4.69, 9.17) is 27.5 Å². The van der Waals surface area contributed by atoms with Crippen molar-refractivity contribution in [3.8, 4) is 0 Å². The largest absolute Gasteiger partial charge is 0.459 e. The zero-order valence-electron chi connectivity index (χ0n) is 24.5. The van der Waals surface area contributed by atoms with Crippen molar-refractivity contribution in [3.05, 3.63) is 96.6 Å². The molecule has 1 aliphatic rings. The Kier molecular flexibility index (Phi) is 11.3. The van der Waals surface area contributed by atoms with E-state index in [1.165, 1.54) is 0 Å². The average molecular weight is 597 g/mol. The van der Waals surface area contributed by atoms with Crippen LogP contribution in [-0.2, 0) is 27.5 Å². The highest BCUT2D eigenvalue weighted by molar-refractivity contribution is 7.41. The molecule has 0 radical (unpaired) electrons. The molecule has 0 amide bonds. The van der Waals surface area contributed by atoms with Gasteiger partial charge in [0.25, 0.3) is 8.32 Å². The van der Waals surface area contributed by atoms with Crippen LogP contribution in [0.1, 0.15) is 51.4 Å². The summed E-state index contributed by atoms with van der Waals surface area (Å²) >= 11 is 0. The Morgan fingerprint density at radius 2 is 1.37 bits per heavy atom. The lowest BCUT2D eigenvalue weighted by molar-refractivity contribution is -0.101. The van der Waals surface area contributed by atoms with Crippen LogP contribution in [0.25, 0.3) is 0 Å². The highest BCUT2D eigenvalue weighted by atomic mass is 31.2. The first-order chi connectivity index (χ1) is 19.8. The van der Waals surface area contributed by atoms with Gasteiger partial charge in [0.05, 0.1) is 24.9 Å². The number of hydrogen-bond donors (Lipinski definition) is 0. The number of rotatable bonds is 13. The van der Waals surface area contributed by atoms with Crippen molar-refractivity contribution in [2.45, 2.75) is 64.6 Å². The number of benzene rings is 3. The van der Waals surface area contributed by atoms with Crippen LogP contribution >= 0.6 is 8.60 Å². The van der Waals surface area contributed by atoms with Gasteiger partial charge in [0.1, 0.15) is 12.7 Å².